The highest BCUT2D eigenvalue weighted by Gasteiger charge is 2.13. The molecule has 0 atom stereocenters. The number of ether oxygens (including phenoxy) is 1. The zero-order valence-electron chi connectivity index (χ0n) is 15.3. The molecule has 1 heterocycles. The summed E-state index contributed by atoms with van der Waals surface area (Å²) in [5.41, 5.74) is 2.40. The SMILES string of the molecule is CCc1ccc(S(=O)(=O)NCCOc2ccc(-c3ccc(F)cc3)nn2)cc1. The topological polar surface area (TPSA) is 81.2 Å². The van der Waals surface area contributed by atoms with Crippen molar-refractivity contribution in [2.45, 2.75) is 18.2 Å². The van der Waals surface area contributed by atoms with E-state index in [0.717, 1.165) is 17.5 Å². The fourth-order valence-corrected chi connectivity index (χ4v) is 3.50. The number of aryl methyl sites for hydroxylation is 1. The van der Waals surface area contributed by atoms with Crippen LogP contribution in [0.3, 0.4) is 0 Å². The maximum Gasteiger partial charge on any atom is 0.240 e. The Morgan fingerprint density at radius 1 is 0.964 bits per heavy atom. The first-order chi connectivity index (χ1) is 13.5. The molecule has 0 bridgehead atoms. The van der Waals surface area contributed by atoms with E-state index in [9.17, 15) is 12.8 Å². The molecule has 8 heteroatoms. The summed E-state index contributed by atoms with van der Waals surface area (Å²) in [5.74, 6) is -0.0437. The smallest absolute Gasteiger partial charge is 0.240 e. The molecule has 0 saturated heterocycles. The van der Waals surface area contributed by atoms with Gasteiger partial charge < -0.3 is 4.74 Å². The zero-order chi connectivity index (χ0) is 20.0. The van der Waals surface area contributed by atoms with Crippen molar-refractivity contribution >= 4 is 10.0 Å². The lowest BCUT2D eigenvalue weighted by Crippen LogP contribution is -2.28. The third-order valence-electron chi connectivity index (χ3n) is 4.07. The van der Waals surface area contributed by atoms with E-state index in [4.69, 9.17) is 4.74 Å². The lowest BCUT2D eigenvalue weighted by Gasteiger charge is -2.08. The van der Waals surface area contributed by atoms with Gasteiger partial charge in [0.05, 0.1) is 10.6 Å². The summed E-state index contributed by atoms with van der Waals surface area (Å²) in [6.45, 7) is 2.21. The molecular formula is C20H20FN3O3S. The van der Waals surface area contributed by atoms with Crippen LogP contribution in [0.2, 0.25) is 0 Å². The molecular weight excluding hydrogens is 381 g/mol. The molecule has 3 rings (SSSR count). The second-order valence-corrected chi connectivity index (χ2v) is 7.77. The van der Waals surface area contributed by atoms with Crippen molar-refractivity contribution in [3.05, 3.63) is 72.0 Å². The molecule has 0 spiro atoms. The van der Waals surface area contributed by atoms with Gasteiger partial charge in [0.15, 0.2) is 0 Å². The third kappa shape index (κ3) is 5.11. The van der Waals surface area contributed by atoms with Crippen molar-refractivity contribution in [2.24, 2.45) is 0 Å². The lowest BCUT2D eigenvalue weighted by molar-refractivity contribution is 0.307. The molecule has 0 aliphatic rings. The summed E-state index contributed by atoms with van der Waals surface area (Å²) < 4.78 is 45.4. The van der Waals surface area contributed by atoms with E-state index in [-0.39, 0.29) is 29.7 Å². The van der Waals surface area contributed by atoms with Crippen LogP contribution in [-0.4, -0.2) is 31.8 Å². The Balaban J connectivity index is 1.51. The standard InChI is InChI=1S/C20H20FN3O3S/c1-2-15-3-9-18(10-4-15)28(25,26)22-13-14-27-20-12-11-19(23-24-20)16-5-7-17(21)8-6-16/h3-12,22H,2,13-14H2,1H3. The number of hydrogen-bond acceptors (Lipinski definition) is 5. The van der Waals surface area contributed by atoms with Crippen molar-refractivity contribution in [2.75, 3.05) is 13.2 Å². The summed E-state index contributed by atoms with van der Waals surface area (Å²) in [6, 6.07) is 16.0. The summed E-state index contributed by atoms with van der Waals surface area (Å²) in [6.07, 6.45) is 0.850. The van der Waals surface area contributed by atoms with Crippen LogP contribution >= 0.6 is 0 Å². The van der Waals surface area contributed by atoms with E-state index >= 15 is 0 Å². The summed E-state index contributed by atoms with van der Waals surface area (Å²) in [4.78, 5) is 0.216. The maximum absolute atomic E-state index is 13.0. The maximum atomic E-state index is 13.0. The molecule has 146 valence electrons. The average molecular weight is 401 g/mol. The van der Waals surface area contributed by atoms with Crippen LogP contribution in [0.4, 0.5) is 4.39 Å². The second-order valence-electron chi connectivity index (χ2n) is 6.01. The minimum Gasteiger partial charge on any atom is -0.475 e. The minimum atomic E-state index is -3.58. The fraction of sp³-hybridized carbons (Fsp3) is 0.200. The van der Waals surface area contributed by atoms with Gasteiger partial charge in [-0.05, 0) is 54.4 Å². The number of nitrogens with zero attached hydrogens (tertiary/aromatic N) is 2. The van der Waals surface area contributed by atoms with Crippen LogP contribution < -0.4 is 9.46 Å². The predicted molar refractivity (Wildman–Crippen MR) is 104 cm³/mol. The molecule has 0 saturated carbocycles. The van der Waals surface area contributed by atoms with E-state index in [0.29, 0.717) is 5.69 Å². The van der Waals surface area contributed by atoms with Crippen LogP contribution in [-0.2, 0) is 16.4 Å². The zero-order valence-corrected chi connectivity index (χ0v) is 16.1. The number of hydrogen-bond donors (Lipinski definition) is 1. The molecule has 1 N–H and O–H groups in total. The van der Waals surface area contributed by atoms with Gasteiger partial charge in [-0.25, -0.2) is 17.5 Å². The molecule has 0 fully saturated rings. The molecule has 0 aliphatic carbocycles. The molecule has 0 radical (unpaired) electrons. The van der Waals surface area contributed by atoms with Crippen LogP contribution in [0.15, 0.2) is 65.6 Å². The molecule has 0 amide bonds. The number of benzene rings is 2. The molecule has 2 aromatic carbocycles. The van der Waals surface area contributed by atoms with Gasteiger partial charge in [-0.15, -0.1) is 10.2 Å². The molecule has 1 aromatic heterocycles. The fourth-order valence-electron chi connectivity index (χ4n) is 2.49. The van der Waals surface area contributed by atoms with E-state index in [1.165, 1.54) is 12.1 Å². The van der Waals surface area contributed by atoms with Crippen LogP contribution in [0.5, 0.6) is 5.88 Å². The van der Waals surface area contributed by atoms with Crippen molar-refractivity contribution in [3.8, 4) is 17.1 Å². The quantitative estimate of drug-likeness (QED) is 0.586. The molecule has 0 unspecified atom stereocenters. The van der Waals surface area contributed by atoms with E-state index < -0.39 is 10.0 Å². The van der Waals surface area contributed by atoms with Crippen molar-refractivity contribution in [3.63, 3.8) is 0 Å². The second kappa shape index (κ2) is 8.90. The average Bonchev–Trinajstić information content (AvgIpc) is 2.72. The first kappa shape index (κ1) is 19.9. The Morgan fingerprint density at radius 2 is 1.68 bits per heavy atom. The van der Waals surface area contributed by atoms with Gasteiger partial charge in [0.1, 0.15) is 12.4 Å². The van der Waals surface area contributed by atoms with Crippen molar-refractivity contribution < 1.29 is 17.5 Å². The van der Waals surface area contributed by atoms with Gasteiger partial charge in [0, 0.05) is 18.2 Å². The highest BCUT2D eigenvalue weighted by molar-refractivity contribution is 7.89. The number of rotatable bonds is 8. The molecule has 0 aliphatic heterocycles. The van der Waals surface area contributed by atoms with Gasteiger partial charge in [-0.3, -0.25) is 0 Å². The van der Waals surface area contributed by atoms with Gasteiger partial charge in [-0.1, -0.05) is 19.1 Å². The van der Waals surface area contributed by atoms with Gasteiger partial charge >= 0.3 is 0 Å². The number of halogens is 1. The van der Waals surface area contributed by atoms with Gasteiger partial charge in [0.25, 0.3) is 0 Å². The highest BCUT2D eigenvalue weighted by Crippen LogP contribution is 2.18. The molecule has 6 nitrogen and oxygen atoms in total. The monoisotopic (exact) mass is 401 g/mol. The van der Waals surface area contributed by atoms with Gasteiger partial charge in [-0.2, -0.15) is 0 Å². The van der Waals surface area contributed by atoms with Crippen LogP contribution in [0.25, 0.3) is 11.3 Å². The summed E-state index contributed by atoms with van der Waals surface area (Å²) in [5, 5.41) is 7.98. The van der Waals surface area contributed by atoms with E-state index in [2.05, 4.69) is 14.9 Å². The Bertz CT molecular complexity index is 1010. The Labute approximate surface area is 163 Å². The van der Waals surface area contributed by atoms with Gasteiger partial charge in [0.2, 0.25) is 15.9 Å². The number of nitrogens with one attached hydrogen (secondary N) is 1. The normalized spacial score (nSPS) is 11.4. The Morgan fingerprint density at radius 3 is 2.29 bits per heavy atom. The lowest BCUT2D eigenvalue weighted by atomic mass is 10.1. The Hall–Kier alpha value is -2.84. The van der Waals surface area contributed by atoms with Crippen molar-refractivity contribution in [1.82, 2.24) is 14.9 Å². The number of sulfonamides is 1. The first-order valence-electron chi connectivity index (χ1n) is 8.79. The van der Waals surface area contributed by atoms with E-state index in [1.54, 1.807) is 48.5 Å². The van der Waals surface area contributed by atoms with Crippen LogP contribution in [0, 0.1) is 5.82 Å². The third-order valence-corrected chi connectivity index (χ3v) is 5.54. The van der Waals surface area contributed by atoms with E-state index in [1.807, 2.05) is 6.92 Å². The van der Waals surface area contributed by atoms with Crippen molar-refractivity contribution in [1.29, 1.82) is 0 Å². The highest BCUT2D eigenvalue weighted by atomic mass is 32.2. The molecule has 28 heavy (non-hydrogen) atoms. The summed E-state index contributed by atoms with van der Waals surface area (Å²) >= 11 is 0. The van der Waals surface area contributed by atoms with Crippen LogP contribution in [0.1, 0.15) is 12.5 Å². The summed E-state index contributed by atoms with van der Waals surface area (Å²) in [7, 11) is -3.58. The molecule has 3 aromatic rings. The Kier molecular flexibility index (Phi) is 6.33. The predicted octanol–water partition coefficient (Wildman–Crippen LogP) is 3.20. The minimum absolute atomic E-state index is 0.0965. The largest absolute Gasteiger partial charge is 0.475 e. The number of aromatic nitrogens is 2. The first-order valence-corrected chi connectivity index (χ1v) is 10.3.